The highest BCUT2D eigenvalue weighted by Gasteiger charge is 2.20. The molecule has 1 heterocycles. The molecule has 134 valence electrons. The molecule has 0 aliphatic carbocycles. The highest BCUT2D eigenvalue weighted by atomic mass is 32.1. The van der Waals surface area contributed by atoms with Gasteiger partial charge in [0.1, 0.15) is 23.1 Å². The molecular formula is C21H22N2O2S. The Morgan fingerprint density at radius 1 is 1.12 bits per heavy atom. The number of carbonyl (C=O) groups is 1. The first-order valence-electron chi connectivity index (χ1n) is 8.60. The summed E-state index contributed by atoms with van der Waals surface area (Å²) in [7, 11) is 0. The molecule has 0 bridgehead atoms. The zero-order chi connectivity index (χ0) is 18.5. The lowest BCUT2D eigenvalue weighted by atomic mass is 10.1. The van der Waals surface area contributed by atoms with Crippen LogP contribution in [0.3, 0.4) is 0 Å². The van der Waals surface area contributed by atoms with E-state index in [1.807, 2.05) is 69.3 Å². The number of para-hydroxylation sites is 1. The second-order valence-electron chi connectivity index (χ2n) is 6.06. The monoisotopic (exact) mass is 366 g/mol. The number of ether oxygens (including phenoxy) is 1. The molecule has 5 heteroatoms. The highest BCUT2D eigenvalue weighted by molar-refractivity contribution is 7.09. The molecule has 0 N–H and O–H groups in total. The van der Waals surface area contributed by atoms with Crippen LogP contribution in [-0.4, -0.2) is 17.4 Å². The van der Waals surface area contributed by atoms with Crippen LogP contribution < -0.4 is 9.64 Å². The molecule has 1 amide bonds. The fraction of sp³-hybridized carbons (Fsp3) is 0.238. The van der Waals surface area contributed by atoms with Crippen molar-refractivity contribution < 1.29 is 9.53 Å². The van der Waals surface area contributed by atoms with Crippen LogP contribution in [0.2, 0.25) is 0 Å². The fourth-order valence-corrected chi connectivity index (χ4v) is 3.36. The predicted molar refractivity (Wildman–Crippen MR) is 106 cm³/mol. The molecule has 0 saturated carbocycles. The van der Waals surface area contributed by atoms with Crippen molar-refractivity contribution in [2.75, 3.05) is 11.4 Å². The summed E-state index contributed by atoms with van der Waals surface area (Å²) >= 11 is 1.44. The first-order chi connectivity index (χ1) is 12.6. The average Bonchev–Trinajstić information content (AvgIpc) is 3.12. The molecule has 26 heavy (non-hydrogen) atoms. The summed E-state index contributed by atoms with van der Waals surface area (Å²) in [5, 5.41) is 2.59. The van der Waals surface area contributed by atoms with E-state index in [0.29, 0.717) is 18.8 Å². The van der Waals surface area contributed by atoms with Crippen molar-refractivity contribution in [2.45, 2.75) is 27.4 Å². The van der Waals surface area contributed by atoms with E-state index in [2.05, 4.69) is 4.98 Å². The Bertz CT molecular complexity index is 887. The third-order valence-corrected chi connectivity index (χ3v) is 4.94. The molecule has 0 fully saturated rings. The molecule has 0 radical (unpaired) electrons. The van der Waals surface area contributed by atoms with Gasteiger partial charge in [-0.1, -0.05) is 35.9 Å². The SMILES string of the molecule is CCN(C(=O)c1csc(COc2ccc(C)cc2)n1)c1ccccc1C. The lowest BCUT2D eigenvalue weighted by molar-refractivity contribution is 0.0983. The van der Waals surface area contributed by atoms with E-state index < -0.39 is 0 Å². The summed E-state index contributed by atoms with van der Waals surface area (Å²) in [4.78, 5) is 19.1. The van der Waals surface area contributed by atoms with Crippen molar-refractivity contribution in [1.82, 2.24) is 4.98 Å². The van der Waals surface area contributed by atoms with Crippen LogP contribution in [0.25, 0.3) is 0 Å². The van der Waals surface area contributed by atoms with Crippen molar-refractivity contribution in [3.8, 4) is 5.75 Å². The van der Waals surface area contributed by atoms with E-state index in [0.717, 1.165) is 22.0 Å². The zero-order valence-electron chi connectivity index (χ0n) is 15.2. The van der Waals surface area contributed by atoms with Crippen molar-refractivity contribution in [3.63, 3.8) is 0 Å². The molecule has 3 rings (SSSR count). The van der Waals surface area contributed by atoms with Gasteiger partial charge < -0.3 is 9.64 Å². The minimum atomic E-state index is -0.0837. The molecule has 1 aromatic heterocycles. The van der Waals surface area contributed by atoms with Gasteiger partial charge in [-0.2, -0.15) is 0 Å². The Hall–Kier alpha value is -2.66. The van der Waals surface area contributed by atoms with Gasteiger partial charge >= 0.3 is 0 Å². The Kier molecular flexibility index (Phi) is 5.68. The number of nitrogens with zero attached hydrogens (tertiary/aromatic N) is 2. The molecular weight excluding hydrogens is 344 g/mol. The van der Waals surface area contributed by atoms with Crippen molar-refractivity contribution in [2.24, 2.45) is 0 Å². The maximum atomic E-state index is 12.9. The molecule has 0 unspecified atom stereocenters. The van der Waals surface area contributed by atoms with Gasteiger partial charge in [0, 0.05) is 17.6 Å². The number of hydrogen-bond acceptors (Lipinski definition) is 4. The predicted octanol–water partition coefficient (Wildman–Crippen LogP) is 5.01. The topological polar surface area (TPSA) is 42.4 Å². The highest BCUT2D eigenvalue weighted by Crippen LogP contribution is 2.23. The Morgan fingerprint density at radius 3 is 2.54 bits per heavy atom. The van der Waals surface area contributed by atoms with Gasteiger partial charge in [-0.15, -0.1) is 11.3 Å². The van der Waals surface area contributed by atoms with Crippen molar-refractivity contribution in [3.05, 3.63) is 75.7 Å². The van der Waals surface area contributed by atoms with Gasteiger partial charge in [-0.3, -0.25) is 4.79 Å². The largest absolute Gasteiger partial charge is 0.486 e. The van der Waals surface area contributed by atoms with Crippen molar-refractivity contribution in [1.29, 1.82) is 0 Å². The summed E-state index contributed by atoms with van der Waals surface area (Å²) in [5.41, 5.74) is 3.64. The van der Waals surface area contributed by atoms with Crippen molar-refractivity contribution >= 4 is 22.9 Å². The van der Waals surface area contributed by atoms with Crippen LogP contribution in [0.5, 0.6) is 5.75 Å². The maximum Gasteiger partial charge on any atom is 0.277 e. The Morgan fingerprint density at radius 2 is 1.85 bits per heavy atom. The van der Waals surface area contributed by atoms with Gasteiger partial charge in [-0.25, -0.2) is 4.98 Å². The number of thiazole rings is 1. The molecule has 4 nitrogen and oxygen atoms in total. The zero-order valence-corrected chi connectivity index (χ0v) is 16.0. The molecule has 3 aromatic rings. The number of hydrogen-bond donors (Lipinski definition) is 0. The number of amides is 1. The van der Waals surface area contributed by atoms with Gasteiger partial charge in [0.2, 0.25) is 0 Å². The van der Waals surface area contributed by atoms with E-state index in [-0.39, 0.29) is 5.91 Å². The van der Waals surface area contributed by atoms with E-state index in [9.17, 15) is 4.79 Å². The number of benzene rings is 2. The average molecular weight is 366 g/mol. The number of aryl methyl sites for hydroxylation is 2. The summed E-state index contributed by atoms with van der Waals surface area (Å²) in [5.74, 6) is 0.716. The summed E-state index contributed by atoms with van der Waals surface area (Å²) in [6, 6.07) is 15.8. The first kappa shape index (κ1) is 18.1. The van der Waals surface area contributed by atoms with Crippen LogP contribution in [0.15, 0.2) is 53.9 Å². The van der Waals surface area contributed by atoms with E-state index >= 15 is 0 Å². The van der Waals surface area contributed by atoms with E-state index in [1.54, 1.807) is 10.3 Å². The van der Waals surface area contributed by atoms with E-state index in [1.165, 1.54) is 16.9 Å². The third-order valence-electron chi connectivity index (χ3n) is 4.12. The molecule has 0 saturated heterocycles. The standard InChI is InChI=1S/C21H22N2O2S/c1-4-23(19-8-6-5-7-16(19)3)21(24)18-14-26-20(22-18)13-25-17-11-9-15(2)10-12-17/h5-12,14H,4,13H2,1-3H3. The smallest absolute Gasteiger partial charge is 0.277 e. The normalized spacial score (nSPS) is 10.6. The minimum absolute atomic E-state index is 0.0837. The Balaban J connectivity index is 1.70. The summed E-state index contributed by atoms with van der Waals surface area (Å²) < 4.78 is 5.75. The quantitative estimate of drug-likeness (QED) is 0.616. The van der Waals surface area contributed by atoms with Gasteiger partial charge in [0.05, 0.1) is 0 Å². The molecule has 2 aromatic carbocycles. The van der Waals surface area contributed by atoms with Gasteiger partial charge in [0.15, 0.2) is 0 Å². The maximum absolute atomic E-state index is 12.9. The van der Waals surface area contributed by atoms with Crippen LogP contribution in [0.1, 0.15) is 33.5 Å². The lowest BCUT2D eigenvalue weighted by Gasteiger charge is -2.21. The fourth-order valence-electron chi connectivity index (χ4n) is 2.68. The van der Waals surface area contributed by atoms with Gasteiger partial charge in [0.25, 0.3) is 5.91 Å². The lowest BCUT2D eigenvalue weighted by Crippen LogP contribution is -2.31. The van der Waals surface area contributed by atoms with Crippen LogP contribution in [0, 0.1) is 13.8 Å². The molecule has 0 aliphatic heterocycles. The first-order valence-corrected chi connectivity index (χ1v) is 9.48. The molecule has 0 atom stereocenters. The number of aromatic nitrogens is 1. The van der Waals surface area contributed by atoms with Crippen LogP contribution >= 0.6 is 11.3 Å². The number of rotatable bonds is 6. The second-order valence-corrected chi connectivity index (χ2v) is 7.01. The number of carbonyl (C=O) groups excluding carboxylic acids is 1. The van der Waals surface area contributed by atoms with E-state index in [4.69, 9.17) is 4.74 Å². The second kappa shape index (κ2) is 8.15. The third kappa shape index (κ3) is 4.11. The summed E-state index contributed by atoms with van der Waals surface area (Å²) in [6.45, 7) is 6.97. The summed E-state index contributed by atoms with van der Waals surface area (Å²) in [6.07, 6.45) is 0. The number of anilines is 1. The molecule has 0 spiro atoms. The molecule has 0 aliphatic rings. The Labute approximate surface area is 158 Å². The van der Waals surface area contributed by atoms with Crippen LogP contribution in [0.4, 0.5) is 5.69 Å². The van der Waals surface area contributed by atoms with Crippen LogP contribution in [-0.2, 0) is 6.61 Å². The van der Waals surface area contributed by atoms with Gasteiger partial charge in [-0.05, 0) is 44.5 Å². The minimum Gasteiger partial charge on any atom is -0.486 e.